The SMILES string of the molecule is CCOc1cc(/C=C2\C(=O)ON=C2c2ccccc2)cc(Br)c1OS(=O)(=O)c1ccc(C)cc1. The fraction of sp³-hybridized carbons (Fsp3) is 0.120. The molecule has 4 rings (SSSR count). The molecule has 0 aliphatic carbocycles. The molecule has 0 atom stereocenters. The molecule has 0 spiro atoms. The van der Waals surface area contributed by atoms with Gasteiger partial charge in [-0.15, -0.1) is 0 Å². The lowest BCUT2D eigenvalue weighted by Crippen LogP contribution is -2.11. The molecule has 34 heavy (non-hydrogen) atoms. The van der Waals surface area contributed by atoms with Gasteiger partial charge in [0.15, 0.2) is 11.5 Å². The standard InChI is InChI=1S/C25H20BrNO6S/c1-3-31-22-15-17(13-20-23(27-32-25(20)28)18-7-5-4-6-8-18)14-21(26)24(22)33-34(29,30)19-11-9-16(2)10-12-19/h4-15H,3H2,1-2H3/b20-13-. The maximum atomic E-state index is 12.8. The number of hydrogen-bond donors (Lipinski definition) is 0. The van der Waals surface area contributed by atoms with Gasteiger partial charge >= 0.3 is 16.1 Å². The molecular formula is C25H20BrNO6S. The zero-order valence-corrected chi connectivity index (χ0v) is 20.7. The minimum atomic E-state index is -4.10. The number of halogens is 1. The zero-order chi connectivity index (χ0) is 24.3. The molecule has 7 nitrogen and oxygen atoms in total. The second-order valence-electron chi connectivity index (χ2n) is 7.36. The molecule has 0 fully saturated rings. The topological polar surface area (TPSA) is 91.3 Å². The second kappa shape index (κ2) is 9.82. The van der Waals surface area contributed by atoms with Gasteiger partial charge in [-0.3, -0.25) is 0 Å². The number of rotatable bonds is 7. The van der Waals surface area contributed by atoms with Crippen LogP contribution in [0.4, 0.5) is 0 Å². The molecule has 0 amide bonds. The van der Waals surface area contributed by atoms with Gasteiger partial charge < -0.3 is 13.8 Å². The van der Waals surface area contributed by atoms with E-state index in [2.05, 4.69) is 21.1 Å². The Morgan fingerprint density at radius 2 is 1.76 bits per heavy atom. The van der Waals surface area contributed by atoms with Gasteiger partial charge in [-0.25, -0.2) is 4.79 Å². The third-order valence-electron chi connectivity index (χ3n) is 4.89. The molecule has 3 aromatic carbocycles. The normalized spacial score (nSPS) is 14.6. The average Bonchev–Trinajstić information content (AvgIpc) is 3.17. The molecule has 9 heteroatoms. The first-order chi connectivity index (χ1) is 16.3. The Morgan fingerprint density at radius 1 is 1.06 bits per heavy atom. The lowest BCUT2D eigenvalue weighted by atomic mass is 10.0. The summed E-state index contributed by atoms with van der Waals surface area (Å²) in [4.78, 5) is 17.3. The molecular weight excluding hydrogens is 522 g/mol. The van der Waals surface area contributed by atoms with Crippen LogP contribution in [0.25, 0.3) is 6.08 Å². The van der Waals surface area contributed by atoms with Crippen molar-refractivity contribution in [1.29, 1.82) is 0 Å². The van der Waals surface area contributed by atoms with Crippen molar-refractivity contribution in [2.24, 2.45) is 5.16 Å². The number of nitrogens with zero attached hydrogens (tertiary/aromatic N) is 1. The molecule has 0 saturated carbocycles. The highest BCUT2D eigenvalue weighted by Gasteiger charge is 2.27. The van der Waals surface area contributed by atoms with Crippen molar-refractivity contribution < 1.29 is 27.0 Å². The largest absolute Gasteiger partial charge is 0.490 e. The minimum absolute atomic E-state index is 0.00974. The van der Waals surface area contributed by atoms with Crippen LogP contribution in [0.3, 0.4) is 0 Å². The van der Waals surface area contributed by atoms with Crippen molar-refractivity contribution in [2.75, 3.05) is 6.61 Å². The Labute approximate surface area is 205 Å². The highest BCUT2D eigenvalue weighted by Crippen LogP contribution is 2.39. The molecule has 174 valence electrons. The van der Waals surface area contributed by atoms with Gasteiger partial charge in [0.05, 0.1) is 16.7 Å². The van der Waals surface area contributed by atoms with Crippen molar-refractivity contribution >= 4 is 43.8 Å². The average molecular weight is 542 g/mol. The summed E-state index contributed by atoms with van der Waals surface area (Å²) in [6.45, 7) is 3.90. The highest BCUT2D eigenvalue weighted by molar-refractivity contribution is 9.10. The van der Waals surface area contributed by atoms with Crippen molar-refractivity contribution in [3.63, 3.8) is 0 Å². The van der Waals surface area contributed by atoms with E-state index in [-0.39, 0.29) is 28.6 Å². The smallest absolute Gasteiger partial charge is 0.368 e. The van der Waals surface area contributed by atoms with Crippen LogP contribution in [0.15, 0.2) is 86.8 Å². The van der Waals surface area contributed by atoms with E-state index in [1.807, 2.05) is 37.3 Å². The summed E-state index contributed by atoms with van der Waals surface area (Å²) in [5, 5.41) is 3.90. The van der Waals surface area contributed by atoms with E-state index in [1.165, 1.54) is 12.1 Å². The number of carbonyl (C=O) groups is 1. The Bertz CT molecular complexity index is 1400. The van der Waals surface area contributed by atoms with Crippen LogP contribution in [0.2, 0.25) is 0 Å². The summed E-state index contributed by atoms with van der Waals surface area (Å²) in [6.07, 6.45) is 1.60. The van der Waals surface area contributed by atoms with Gasteiger partial charge in [-0.05, 0) is 65.7 Å². The molecule has 1 aliphatic heterocycles. The third kappa shape index (κ3) is 5.05. The number of hydrogen-bond acceptors (Lipinski definition) is 7. The van der Waals surface area contributed by atoms with Crippen molar-refractivity contribution in [1.82, 2.24) is 0 Å². The van der Waals surface area contributed by atoms with E-state index in [4.69, 9.17) is 13.8 Å². The number of aryl methyl sites for hydroxylation is 1. The Hall–Kier alpha value is -3.43. The first kappa shape index (κ1) is 23.7. The molecule has 1 heterocycles. The van der Waals surface area contributed by atoms with Gasteiger partial charge in [0.2, 0.25) is 0 Å². The third-order valence-corrected chi connectivity index (χ3v) is 6.71. The van der Waals surface area contributed by atoms with Gasteiger partial charge in [-0.2, -0.15) is 8.42 Å². The van der Waals surface area contributed by atoms with E-state index >= 15 is 0 Å². The van der Waals surface area contributed by atoms with Crippen LogP contribution in [0.5, 0.6) is 11.5 Å². The molecule has 0 bridgehead atoms. The van der Waals surface area contributed by atoms with E-state index in [1.54, 1.807) is 37.3 Å². The predicted octanol–water partition coefficient (Wildman–Crippen LogP) is 5.27. The van der Waals surface area contributed by atoms with Gasteiger partial charge in [0.1, 0.15) is 10.6 Å². The van der Waals surface area contributed by atoms with Crippen molar-refractivity contribution in [3.8, 4) is 11.5 Å². The highest BCUT2D eigenvalue weighted by atomic mass is 79.9. The van der Waals surface area contributed by atoms with Crippen LogP contribution in [-0.2, 0) is 19.8 Å². The zero-order valence-electron chi connectivity index (χ0n) is 18.3. The maximum Gasteiger partial charge on any atom is 0.368 e. The Kier molecular flexibility index (Phi) is 6.85. The first-order valence-corrected chi connectivity index (χ1v) is 12.5. The van der Waals surface area contributed by atoms with Crippen LogP contribution < -0.4 is 8.92 Å². The molecule has 0 saturated heterocycles. The minimum Gasteiger partial charge on any atom is -0.490 e. The number of benzene rings is 3. The number of ether oxygens (including phenoxy) is 1. The summed E-state index contributed by atoms with van der Waals surface area (Å²) in [5.74, 6) is -0.380. The molecule has 3 aromatic rings. The van der Waals surface area contributed by atoms with E-state index in [0.717, 1.165) is 11.1 Å². The predicted molar refractivity (Wildman–Crippen MR) is 131 cm³/mol. The molecule has 0 N–H and O–H groups in total. The lowest BCUT2D eigenvalue weighted by molar-refractivity contribution is -0.136. The van der Waals surface area contributed by atoms with Gasteiger partial charge in [0, 0.05) is 5.56 Å². The van der Waals surface area contributed by atoms with Crippen molar-refractivity contribution in [3.05, 3.63) is 93.5 Å². The lowest BCUT2D eigenvalue weighted by Gasteiger charge is -2.15. The van der Waals surface area contributed by atoms with Crippen molar-refractivity contribution in [2.45, 2.75) is 18.7 Å². The maximum absolute atomic E-state index is 12.8. The summed E-state index contributed by atoms with van der Waals surface area (Å²) in [5.41, 5.74) is 2.89. The second-order valence-corrected chi connectivity index (χ2v) is 9.76. The number of carbonyl (C=O) groups excluding carboxylic acids is 1. The summed E-state index contributed by atoms with van der Waals surface area (Å²) in [7, 11) is -4.10. The van der Waals surface area contributed by atoms with Crippen LogP contribution >= 0.6 is 15.9 Å². The van der Waals surface area contributed by atoms with Crippen LogP contribution in [0, 0.1) is 6.92 Å². The summed E-state index contributed by atoms with van der Waals surface area (Å²) in [6, 6.07) is 18.7. The summed E-state index contributed by atoms with van der Waals surface area (Å²) >= 11 is 3.38. The molecule has 0 aromatic heterocycles. The van der Waals surface area contributed by atoms with Gasteiger partial charge in [-0.1, -0.05) is 53.2 Å². The Balaban J connectivity index is 1.72. The fourth-order valence-corrected chi connectivity index (χ4v) is 4.86. The fourth-order valence-electron chi connectivity index (χ4n) is 3.26. The molecule has 0 radical (unpaired) electrons. The Morgan fingerprint density at radius 3 is 2.44 bits per heavy atom. The molecule has 1 aliphatic rings. The van der Waals surface area contributed by atoms with E-state index < -0.39 is 16.1 Å². The van der Waals surface area contributed by atoms with E-state index in [0.29, 0.717) is 15.7 Å². The van der Waals surface area contributed by atoms with E-state index in [9.17, 15) is 13.2 Å². The van der Waals surface area contributed by atoms with Crippen LogP contribution in [0.1, 0.15) is 23.6 Å². The summed E-state index contributed by atoms with van der Waals surface area (Å²) < 4.78 is 37.1. The number of oxime groups is 1. The molecule has 0 unspecified atom stereocenters. The quantitative estimate of drug-likeness (QED) is 0.230. The van der Waals surface area contributed by atoms with Crippen LogP contribution in [-0.4, -0.2) is 26.7 Å². The van der Waals surface area contributed by atoms with Gasteiger partial charge in [0.25, 0.3) is 0 Å². The monoisotopic (exact) mass is 541 g/mol. The first-order valence-electron chi connectivity index (χ1n) is 10.3.